The summed E-state index contributed by atoms with van der Waals surface area (Å²) in [5.41, 5.74) is 1.31. The average molecular weight is 239 g/mol. The fraction of sp³-hybridized carbons (Fsp3) is 0.615. The van der Waals surface area contributed by atoms with Crippen LogP contribution in [0.25, 0.3) is 0 Å². The lowest BCUT2D eigenvalue weighted by Gasteiger charge is -2.26. The Bertz CT molecular complexity index is 334. The predicted molar refractivity (Wildman–Crippen MR) is 67.6 cm³/mol. The van der Waals surface area contributed by atoms with Gasteiger partial charge in [0.25, 0.3) is 0 Å². The van der Waals surface area contributed by atoms with Crippen LogP contribution in [-0.4, -0.2) is 23.0 Å². The van der Waals surface area contributed by atoms with E-state index in [9.17, 15) is 0 Å². The lowest BCUT2D eigenvalue weighted by molar-refractivity contribution is 0.228. The van der Waals surface area contributed by atoms with Crippen molar-refractivity contribution in [2.24, 2.45) is 5.92 Å². The molecule has 2 nitrogen and oxygen atoms in total. The Hall–Kier alpha value is -0.600. The van der Waals surface area contributed by atoms with Crippen LogP contribution in [0.15, 0.2) is 18.3 Å². The first-order chi connectivity index (χ1) is 7.66. The highest BCUT2D eigenvalue weighted by atomic mass is 35.5. The van der Waals surface area contributed by atoms with E-state index in [0.717, 1.165) is 5.92 Å². The molecule has 0 bridgehead atoms. The van der Waals surface area contributed by atoms with Gasteiger partial charge in [-0.2, -0.15) is 0 Å². The monoisotopic (exact) mass is 238 g/mol. The van der Waals surface area contributed by atoms with E-state index < -0.39 is 0 Å². The SMILES string of the molecule is CC(C)CN1CCC[C@H]1c1ccc(Cl)nc1. The Morgan fingerprint density at radius 2 is 2.31 bits per heavy atom. The minimum absolute atomic E-state index is 0.548. The van der Waals surface area contributed by atoms with Gasteiger partial charge in [-0.1, -0.05) is 31.5 Å². The van der Waals surface area contributed by atoms with Crippen LogP contribution in [0.1, 0.15) is 38.3 Å². The van der Waals surface area contributed by atoms with Crippen molar-refractivity contribution in [3.63, 3.8) is 0 Å². The highest BCUT2D eigenvalue weighted by molar-refractivity contribution is 6.29. The largest absolute Gasteiger partial charge is 0.296 e. The van der Waals surface area contributed by atoms with Crippen molar-refractivity contribution in [1.29, 1.82) is 0 Å². The summed E-state index contributed by atoms with van der Waals surface area (Å²) >= 11 is 5.81. The second-order valence-electron chi connectivity index (χ2n) is 4.96. The maximum atomic E-state index is 5.81. The standard InChI is InChI=1S/C13H19ClN2/c1-10(2)9-16-7-3-4-12(16)11-5-6-13(14)15-8-11/h5-6,8,10,12H,3-4,7,9H2,1-2H3/t12-/m0/s1. The van der Waals surface area contributed by atoms with Gasteiger partial charge in [0.15, 0.2) is 0 Å². The summed E-state index contributed by atoms with van der Waals surface area (Å²) < 4.78 is 0. The van der Waals surface area contributed by atoms with Gasteiger partial charge in [-0.3, -0.25) is 4.90 Å². The van der Waals surface area contributed by atoms with Crippen molar-refractivity contribution in [1.82, 2.24) is 9.88 Å². The molecule has 0 spiro atoms. The van der Waals surface area contributed by atoms with Crippen LogP contribution >= 0.6 is 11.6 Å². The number of hydrogen-bond donors (Lipinski definition) is 0. The smallest absolute Gasteiger partial charge is 0.129 e. The van der Waals surface area contributed by atoms with E-state index >= 15 is 0 Å². The first-order valence-electron chi connectivity index (χ1n) is 6.02. The van der Waals surface area contributed by atoms with Crippen molar-refractivity contribution in [3.8, 4) is 0 Å². The maximum Gasteiger partial charge on any atom is 0.129 e. The molecule has 2 heterocycles. The van der Waals surface area contributed by atoms with Crippen LogP contribution in [0.5, 0.6) is 0 Å². The average Bonchev–Trinajstić information content (AvgIpc) is 2.66. The van der Waals surface area contributed by atoms with Crippen LogP contribution in [0, 0.1) is 5.92 Å². The van der Waals surface area contributed by atoms with Gasteiger partial charge in [0.2, 0.25) is 0 Å². The highest BCUT2D eigenvalue weighted by Gasteiger charge is 2.26. The van der Waals surface area contributed by atoms with E-state index in [0.29, 0.717) is 11.2 Å². The molecule has 0 aromatic carbocycles. The molecular formula is C13H19ClN2. The van der Waals surface area contributed by atoms with Crippen molar-refractivity contribution in [3.05, 3.63) is 29.0 Å². The quantitative estimate of drug-likeness (QED) is 0.749. The van der Waals surface area contributed by atoms with Gasteiger partial charge < -0.3 is 0 Å². The molecule has 88 valence electrons. The third-order valence-corrected chi connectivity index (χ3v) is 3.32. The second kappa shape index (κ2) is 5.15. The third-order valence-electron chi connectivity index (χ3n) is 3.10. The zero-order valence-electron chi connectivity index (χ0n) is 9.99. The fourth-order valence-corrected chi connectivity index (χ4v) is 2.59. The molecule has 1 fully saturated rings. The van der Waals surface area contributed by atoms with E-state index in [1.807, 2.05) is 12.3 Å². The second-order valence-corrected chi connectivity index (χ2v) is 5.35. The molecule has 0 saturated carbocycles. The van der Waals surface area contributed by atoms with Crippen molar-refractivity contribution >= 4 is 11.6 Å². The maximum absolute atomic E-state index is 5.81. The Labute approximate surface area is 103 Å². The first kappa shape index (κ1) is 11.9. The van der Waals surface area contributed by atoms with Crippen LogP contribution in [0.3, 0.4) is 0 Å². The summed E-state index contributed by atoms with van der Waals surface area (Å²) in [5, 5.41) is 0.581. The van der Waals surface area contributed by atoms with Crippen molar-refractivity contribution in [2.75, 3.05) is 13.1 Å². The number of halogens is 1. The van der Waals surface area contributed by atoms with Crippen LogP contribution in [-0.2, 0) is 0 Å². The fourth-order valence-electron chi connectivity index (χ4n) is 2.48. The Morgan fingerprint density at radius 1 is 1.50 bits per heavy atom. The van der Waals surface area contributed by atoms with Gasteiger partial charge >= 0.3 is 0 Å². The molecule has 1 aromatic heterocycles. The van der Waals surface area contributed by atoms with Crippen LogP contribution in [0.4, 0.5) is 0 Å². The molecule has 0 radical (unpaired) electrons. The highest BCUT2D eigenvalue weighted by Crippen LogP contribution is 2.32. The molecule has 1 aliphatic heterocycles. The summed E-state index contributed by atoms with van der Waals surface area (Å²) in [6.07, 6.45) is 4.46. The predicted octanol–water partition coefficient (Wildman–Crippen LogP) is 3.53. The van der Waals surface area contributed by atoms with Gasteiger partial charge in [-0.15, -0.1) is 0 Å². The molecule has 1 saturated heterocycles. The Kier molecular flexibility index (Phi) is 3.82. The lowest BCUT2D eigenvalue weighted by Crippen LogP contribution is -2.27. The molecular weight excluding hydrogens is 220 g/mol. The molecule has 1 atom stereocenters. The summed E-state index contributed by atoms with van der Waals surface area (Å²) in [6, 6.07) is 4.55. The summed E-state index contributed by atoms with van der Waals surface area (Å²) in [7, 11) is 0. The van der Waals surface area contributed by atoms with E-state index in [1.54, 1.807) is 0 Å². The number of likely N-dealkylation sites (tertiary alicyclic amines) is 1. The molecule has 2 rings (SSSR count). The number of hydrogen-bond acceptors (Lipinski definition) is 2. The molecule has 3 heteroatoms. The van der Waals surface area contributed by atoms with Crippen LogP contribution < -0.4 is 0 Å². The van der Waals surface area contributed by atoms with Crippen molar-refractivity contribution < 1.29 is 0 Å². The van der Waals surface area contributed by atoms with Gasteiger partial charge in [-0.05, 0) is 36.9 Å². The summed E-state index contributed by atoms with van der Waals surface area (Å²) in [6.45, 7) is 6.93. The Morgan fingerprint density at radius 3 is 2.94 bits per heavy atom. The first-order valence-corrected chi connectivity index (χ1v) is 6.40. The van der Waals surface area contributed by atoms with Gasteiger partial charge in [0, 0.05) is 18.8 Å². The number of pyridine rings is 1. The number of aromatic nitrogens is 1. The molecule has 1 aromatic rings. The molecule has 16 heavy (non-hydrogen) atoms. The van der Waals surface area contributed by atoms with Crippen LogP contribution in [0.2, 0.25) is 5.15 Å². The molecule has 1 aliphatic rings. The van der Waals surface area contributed by atoms with E-state index in [4.69, 9.17) is 11.6 Å². The molecule has 0 amide bonds. The minimum atomic E-state index is 0.548. The van der Waals surface area contributed by atoms with E-state index in [1.165, 1.54) is 31.5 Å². The van der Waals surface area contributed by atoms with E-state index in [-0.39, 0.29) is 0 Å². The third kappa shape index (κ3) is 2.74. The Balaban J connectivity index is 2.10. The topological polar surface area (TPSA) is 16.1 Å². The van der Waals surface area contributed by atoms with Crippen molar-refractivity contribution in [2.45, 2.75) is 32.7 Å². The lowest BCUT2D eigenvalue weighted by atomic mass is 10.1. The molecule has 0 unspecified atom stereocenters. The molecule has 0 N–H and O–H groups in total. The normalized spacial score (nSPS) is 21.9. The molecule has 0 aliphatic carbocycles. The van der Waals surface area contributed by atoms with Gasteiger partial charge in [0.1, 0.15) is 5.15 Å². The van der Waals surface area contributed by atoms with E-state index in [2.05, 4.69) is 29.8 Å². The van der Waals surface area contributed by atoms with Gasteiger partial charge in [-0.25, -0.2) is 4.98 Å². The number of rotatable bonds is 3. The zero-order valence-corrected chi connectivity index (χ0v) is 10.7. The summed E-state index contributed by atoms with van der Waals surface area (Å²) in [5.74, 6) is 0.723. The summed E-state index contributed by atoms with van der Waals surface area (Å²) in [4.78, 5) is 6.74. The zero-order chi connectivity index (χ0) is 11.5. The minimum Gasteiger partial charge on any atom is -0.296 e. The number of nitrogens with zero attached hydrogens (tertiary/aromatic N) is 2. The van der Waals surface area contributed by atoms with Gasteiger partial charge in [0.05, 0.1) is 0 Å².